The zero-order chi connectivity index (χ0) is 18.1. The van der Waals surface area contributed by atoms with Crippen molar-refractivity contribution in [1.82, 2.24) is 15.0 Å². The van der Waals surface area contributed by atoms with Crippen molar-refractivity contribution < 1.29 is 13.2 Å². The Labute approximate surface area is 148 Å². The Morgan fingerprint density at radius 3 is 2.48 bits per heavy atom. The van der Waals surface area contributed by atoms with Gasteiger partial charge in [-0.25, -0.2) is 13.1 Å². The number of rotatable bonds is 9. The maximum absolute atomic E-state index is 12.3. The van der Waals surface area contributed by atoms with Gasteiger partial charge in [-0.2, -0.15) is 0 Å². The lowest BCUT2D eigenvalue weighted by Crippen LogP contribution is -2.25. The topological polar surface area (TPSA) is 88.2 Å². The first-order chi connectivity index (χ1) is 12.0. The van der Waals surface area contributed by atoms with Crippen LogP contribution < -0.4 is 10.0 Å². The molecule has 1 amide bonds. The second-order valence-electron chi connectivity index (χ2n) is 5.63. The molecule has 25 heavy (non-hydrogen) atoms. The average Bonchev–Trinajstić information content (AvgIpc) is 2.64. The number of nitrogens with one attached hydrogen (secondary N) is 2. The van der Waals surface area contributed by atoms with Crippen molar-refractivity contribution >= 4 is 15.9 Å². The third-order valence-corrected chi connectivity index (χ3v) is 5.08. The molecule has 1 aromatic heterocycles. The second-order valence-corrected chi connectivity index (χ2v) is 7.40. The molecule has 0 aliphatic rings. The molecule has 134 valence electrons. The Kier molecular flexibility index (Phi) is 7.09. The summed E-state index contributed by atoms with van der Waals surface area (Å²) < 4.78 is 27.1. The Morgan fingerprint density at radius 1 is 1.08 bits per heavy atom. The Morgan fingerprint density at radius 2 is 1.84 bits per heavy atom. The summed E-state index contributed by atoms with van der Waals surface area (Å²) in [6.45, 7) is 2.84. The van der Waals surface area contributed by atoms with Gasteiger partial charge in [0, 0.05) is 18.3 Å². The highest BCUT2D eigenvalue weighted by molar-refractivity contribution is 7.89. The van der Waals surface area contributed by atoms with Crippen LogP contribution in [0, 0.1) is 0 Å². The smallest absolute Gasteiger partial charge is 0.251 e. The van der Waals surface area contributed by atoms with E-state index >= 15 is 0 Å². The van der Waals surface area contributed by atoms with Gasteiger partial charge in [0.05, 0.1) is 17.1 Å². The van der Waals surface area contributed by atoms with E-state index in [1.165, 1.54) is 24.3 Å². The molecule has 7 heteroatoms. The van der Waals surface area contributed by atoms with Crippen LogP contribution in [0.1, 0.15) is 42.2 Å². The number of pyridine rings is 1. The molecule has 1 heterocycles. The van der Waals surface area contributed by atoms with Crippen LogP contribution in [0.2, 0.25) is 0 Å². The number of nitrogens with zero attached hydrogens (tertiary/aromatic N) is 1. The average molecular weight is 361 g/mol. The van der Waals surface area contributed by atoms with Crippen LogP contribution in [0.4, 0.5) is 0 Å². The summed E-state index contributed by atoms with van der Waals surface area (Å²) in [6, 6.07) is 11.2. The highest BCUT2D eigenvalue weighted by atomic mass is 32.2. The number of aromatic nitrogens is 1. The van der Waals surface area contributed by atoms with Gasteiger partial charge in [0.15, 0.2) is 0 Å². The molecule has 0 saturated heterocycles. The van der Waals surface area contributed by atoms with Gasteiger partial charge in [-0.3, -0.25) is 9.78 Å². The number of amides is 1. The molecular weight excluding hydrogens is 338 g/mol. The number of carbonyl (C=O) groups excluding carboxylic acids is 1. The van der Waals surface area contributed by atoms with E-state index in [0.717, 1.165) is 19.3 Å². The standard InChI is InChI=1S/C18H23N3O3S/c1-2-3-5-13-20-18(22)15-8-10-17(11-9-15)25(23,24)21-14-16-7-4-6-12-19-16/h4,6-12,21H,2-3,5,13-14H2,1H3,(H,20,22). The van der Waals surface area contributed by atoms with Gasteiger partial charge >= 0.3 is 0 Å². The molecule has 0 unspecified atom stereocenters. The summed E-state index contributed by atoms with van der Waals surface area (Å²) in [6.07, 6.45) is 4.71. The predicted molar refractivity (Wildman–Crippen MR) is 96.6 cm³/mol. The fourth-order valence-corrected chi connectivity index (χ4v) is 3.22. The lowest BCUT2D eigenvalue weighted by molar-refractivity contribution is 0.0953. The molecule has 2 rings (SSSR count). The molecule has 2 aromatic rings. The number of unbranched alkanes of at least 4 members (excludes halogenated alkanes) is 2. The zero-order valence-corrected chi connectivity index (χ0v) is 15.1. The van der Waals surface area contributed by atoms with Crippen LogP contribution in [-0.4, -0.2) is 25.9 Å². The van der Waals surface area contributed by atoms with Gasteiger partial charge in [0.25, 0.3) is 5.91 Å². The molecule has 0 atom stereocenters. The Bertz CT molecular complexity index is 775. The van der Waals surface area contributed by atoms with Crippen molar-refractivity contribution in [2.45, 2.75) is 37.6 Å². The molecule has 0 radical (unpaired) electrons. The van der Waals surface area contributed by atoms with Gasteiger partial charge in [-0.15, -0.1) is 0 Å². The first kappa shape index (κ1) is 19.1. The van der Waals surface area contributed by atoms with Crippen LogP contribution >= 0.6 is 0 Å². The lowest BCUT2D eigenvalue weighted by atomic mass is 10.2. The zero-order valence-electron chi connectivity index (χ0n) is 14.2. The third kappa shape index (κ3) is 5.95. The van der Waals surface area contributed by atoms with Crippen LogP contribution in [0.25, 0.3) is 0 Å². The second kappa shape index (κ2) is 9.29. The highest BCUT2D eigenvalue weighted by Gasteiger charge is 2.15. The van der Waals surface area contributed by atoms with Crippen LogP contribution in [0.3, 0.4) is 0 Å². The molecule has 0 fully saturated rings. The number of carbonyl (C=O) groups is 1. The third-order valence-electron chi connectivity index (χ3n) is 3.66. The molecular formula is C18H23N3O3S. The predicted octanol–water partition coefficient (Wildman–Crippen LogP) is 2.48. The molecule has 0 aliphatic heterocycles. The SMILES string of the molecule is CCCCCNC(=O)c1ccc(S(=O)(=O)NCc2ccccn2)cc1. The molecule has 0 spiro atoms. The highest BCUT2D eigenvalue weighted by Crippen LogP contribution is 2.11. The van der Waals surface area contributed by atoms with Gasteiger partial charge in [-0.05, 0) is 42.8 Å². The fraction of sp³-hybridized carbons (Fsp3) is 0.333. The summed E-state index contributed by atoms with van der Waals surface area (Å²) >= 11 is 0. The maximum Gasteiger partial charge on any atom is 0.251 e. The van der Waals surface area contributed by atoms with Crippen molar-refractivity contribution in [2.24, 2.45) is 0 Å². The van der Waals surface area contributed by atoms with Crippen molar-refractivity contribution in [3.05, 3.63) is 59.9 Å². The van der Waals surface area contributed by atoms with Gasteiger partial charge in [0.1, 0.15) is 0 Å². The minimum atomic E-state index is -3.65. The van der Waals surface area contributed by atoms with Crippen LogP contribution in [0.15, 0.2) is 53.6 Å². The number of sulfonamides is 1. The van der Waals surface area contributed by atoms with E-state index in [0.29, 0.717) is 17.8 Å². The number of hydrogen-bond acceptors (Lipinski definition) is 4. The van der Waals surface area contributed by atoms with Crippen molar-refractivity contribution in [3.63, 3.8) is 0 Å². The van der Waals surface area contributed by atoms with E-state index in [4.69, 9.17) is 0 Å². The molecule has 0 bridgehead atoms. The van der Waals surface area contributed by atoms with Crippen molar-refractivity contribution in [2.75, 3.05) is 6.54 Å². The van der Waals surface area contributed by atoms with Crippen molar-refractivity contribution in [3.8, 4) is 0 Å². The first-order valence-electron chi connectivity index (χ1n) is 8.31. The molecule has 2 N–H and O–H groups in total. The molecule has 6 nitrogen and oxygen atoms in total. The Hall–Kier alpha value is -2.25. The van der Waals surface area contributed by atoms with Gasteiger partial charge in [-0.1, -0.05) is 25.8 Å². The molecule has 1 aromatic carbocycles. The quantitative estimate of drug-likeness (QED) is 0.672. The van der Waals surface area contributed by atoms with E-state index in [-0.39, 0.29) is 17.3 Å². The minimum Gasteiger partial charge on any atom is -0.352 e. The summed E-state index contributed by atoms with van der Waals surface area (Å²) in [5, 5.41) is 2.83. The number of benzene rings is 1. The normalized spacial score (nSPS) is 11.2. The van der Waals surface area contributed by atoms with Crippen molar-refractivity contribution in [1.29, 1.82) is 0 Å². The van der Waals surface area contributed by atoms with E-state index < -0.39 is 10.0 Å². The number of hydrogen-bond donors (Lipinski definition) is 2. The van der Waals surface area contributed by atoms with Crippen LogP contribution in [-0.2, 0) is 16.6 Å². The summed E-state index contributed by atoms with van der Waals surface area (Å²) in [5.41, 5.74) is 1.08. The lowest BCUT2D eigenvalue weighted by Gasteiger charge is -2.08. The molecule has 0 aliphatic carbocycles. The van der Waals surface area contributed by atoms with Gasteiger partial charge in [0.2, 0.25) is 10.0 Å². The summed E-state index contributed by atoms with van der Waals surface area (Å²) in [7, 11) is -3.65. The first-order valence-corrected chi connectivity index (χ1v) is 9.79. The fourth-order valence-electron chi connectivity index (χ4n) is 2.22. The van der Waals surface area contributed by atoms with E-state index in [1.54, 1.807) is 24.4 Å². The maximum atomic E-state index is 12.3. The summed E-state index contributed by atoms with van der Waals surface area (Å²) in [4.78, 5) is 16.2. The Balaban J connectivity index is 1.94. The van der Waals surface area contributed by atoms with E-state index in [2.05, 4.69) is 21.9 Å². The van der Waals surface area contributed by atoms with E-state index in [9.17, 15) is 13.2 Å². The largest absolute Gasteiger partial charge is 0.352 e. The minimum absolute atomic E-state index is 0.114. The summed E-state index contributed by atoms with van der Waals surface area (Å²) in [5.74, 6) is -0.193. The molecule has 0 saturated carbocycles. The van der Waals surface area contributed by atoms with Gasteiger partial charge < -0.3 is 5.32 Å². The monoisotopic (exact) mass is 361 g/mol. The van der Waals surface area contributed by atoms with Crippen LogP contribution in [0.5, 0.6) is 0 Å². The van der Waals surface area contributed by atoms with E-state index in [1.807, 2.05) is 0 Å².